The van der Waals surface area contributed by atoms with Gasteiger partial charge in [0.05, 0.1) is 19.3 Å². The Labute approximate surface area is 157 Å². The Morgan fingerprint density at radius 3 is 2.50 bits per heavy atom. The fraction of sp³-hybridized carbons (Fsp3) is 0.263. The number of piperazine rings is 1. The van der Waals surface area contributed by atoms with Crippen LogP contribution in [0.3, 0.4) is 0 Å². The summed E-state index contributed by atoms with van der Waals surface area (Å²) in [6.45, 7) is 2.98. The number of ether oxygens (including phenoxy) is 1. The molecule has 1 fully saturated rings. The lowest BCUT2D eigenvalue weighted by Gasteiger charge is -2.34. The van der Waals surface area contributed by atoms with Gasteiger partial charge in [-0.15, -0.1) is 0 Å². The van der Waals surface area contributed by atoms with E-state index in [1.54, 1.807) is 18.3 Å². The average molecular weight is 374 g/mol. The van der Waals surface area contributed by atoms with Gasteiger partial charge in [-0.3, -0.25) is 5.01 Å². The molecule has 136 valence electrons. The topological polar surface area (TPSA) is 65.4 Å². The summed E-state index contributed by atoms with van der Waals surface area (Å²) >= 11 is 5.94. The van der Waals surface area contributed by atoms with E-state index in [4.69, 9.17) is 21.4 Å². The first-order valence-electron chi connectivity index (χ1n) is 8.35. The fourth-order valence-electron chi connectivity index (χ4n) is 2.72. The van der Waals surface area contributed by atoms with E-state index in [1.165, 1.54) is 0 Å². The van der Waals surface area contributed by atoms with Crippen LogP contribution in [-0.2, 0) is 4.79 Å². The SMILES string of the molecule is O=C(O)COc1ccccc1C=NN1CCN(c2ccc(Cl)cc2)CC1. The van der Waals surface area contributed by atoms with E-state index < -0.39 is 5.97 Å². The molecule has 0 amide bonds. The number of hydrogen-bond donors (Lipinski definition) is 1. The summed E-state index contributed by atoms with van der Waals surface area (Å²) < 4.78 is 5.29. The van der Waals surface area contributed by atoms with Crippen molar-refractivity contribution < 1.29 is 14.6 Å². The van der Waals surface area contributed by atoms with Gasteiger partial charge in [-0.05, 0) is 36.4 Å². The highest BCUT2D eigenvalue weighted by atomic mass is 35.5. The van der Waals surface area contributed by atoms with E-state index >= 15 is 0 Å². The molecule has 0 aromatic heterocycles. The Morgan fingerprint density at radius 2 is 1.81 bits per heavy atom. The molecule has 1 aliphatic rings. The zero-order chi connectivity index (χ0) is 18.4. The van der Waals surface area contributed by atoms with Crippen LogP contribution in [0.25, 0.3) is 0 Å². The van der Waals surface area contributed by atoms with Crippen LogP contribution < -0.4 is 9.64 Å². The minimum Gasteiger partial charge on any atom is -0.481 e. The molecule has 1 saturated heterocycles. The van der Waals surface area contributed by atoms with Gasteiger partial charge in [0.1, 0.15) is 5.75 Å². The molecule has 3 rings (SSSR count). The molecule has 1 heterocycles. The largest absolute Gasteiger partial charge is 0.481 e. The van der Waals surface area contributed by atoms with E-state index in [-0.39, 0.29) is 6.61 Å². The van der Waals surface area contributed by atoms with Gasteiger partial charge in [-0.25, -0.2) is 4.79 Å². The third kappa shape index (κ3) is 4.89. The summed E-state index contributed by atoms with van der Waals surface area (Å²) in [4.78, 5) is 13.0. The Hall–Kier alpha value is -2.73. The van der Waals surface area contributed by atoms with Crippen LogP contribution in [0.1, 0.15) is 5.56 Å². The van der Waals surface area contributed by atoms with Crippen molar-refractivity contribution in [1.82, 2.24) is 5.01 Å². The van der Waals surface area contributed by atoms with Gasteiger partial charge in [0, 0.05) is 29.4 Å². The number of benzene rings is 2. The second kappa shape index (κ2) is 8.58. The summed E-state index contributed by atoms with van der Waals surface area (Å²) in [5.41, 5.74) is 1.92. The molecule has 0 atom stereocenters. The van der Waals surface area contributed by atoms with E-state index in [0.29, 0.717) is 5.75 Å². The molecule has 2 aromatic carbocycles. The predicted molar refractivity (Wildman–Crippen MR) is 102 cm³/mol. The van der Waals surface area contributed by atoms with Crippen LogP contribution in [0, 0.1) is 0 Å². The summed E-state index contributed by atoms with van der Waals surface area (Å²) in [5.74, 6) is -0.492. The zero-order valence-corrected chi connectivity index (χ0v) is 15.0. The number of nitrogens with zero attached hydrogens (tertiary/aromatic N) is 3. The van der Waals surface area contributed by atoms with Crippen molar-refractivity contribution >= 4 is 29.5 Å². The van der Waals surface area contributed by atoms with Crippen molar-refractivity contribution in [2.45, 2.75) is 0 Å². The van der Waals surface area contributed by atoms with Crippen molar-refractivity contribution in [1.29, 1.82) is 0 Å². The highest BCUT2D eigenvalue weighted by Crippen LogP contribution is 2.20. The smallest absolute Gasteiger partial charge is 0.341 e. The number of para-hydroxylation sites is 1. The maximum atomic E-state index is 10.7. The lowest BCUT2D eigenvalue weighted by molar-refractivity contribution is -0.139. The van der Waals surface area contributed by atoms with Gasteiger partial charge < -0.3 is 14.7 Å². The van der Waals surface area contributed by atoms with E-state index in [9.17, 15) is 4.79 Å². The molecule has 0 spiro atoms. The molecule has 0 radical (unpaired) electrons. The highest BCUT2D eigenvalue weighted by molar-refractivity contribution is 6.30. The Bertz CT molecular complexity index is 772. The first-order chi connectivity index (χ1) is 12.6. The first kappa shape index (κ1) is 18.1. The van der Waals surface area contributed by atoms with Crippen molar-refractivity contribution in [3.63, 3.8) is 0 Å². The second-order valence-corrected chi connectivity index (χ2v) is 6.32. The zero-order valence-electron chi connectivity index (χ0n) is 14.2. The van der Waals surface area contributed by atoms with E-state index in [1.807, 2.05) is 41.4 Å². The number of halogens is 1. The van der Waals surface area contributed by atoms with Crippen molar-refractivity contribution in [3.8, 4) is 5.75 Å². The second-order valence-electron chi connectivity index (χ2n) is 5.88. The number of hydrogen-bond acceptors (Lipinski definition) is 5. The normalized spacial score (nSPS) is 14.7. The highest BCUT2D eigenvalue weighted by Gasteiger charge is 2.15. The number of rotatable bonds is 6. The predicted octanol–water partition coefficient (Wildman–Crippen LogP) is 2.96. The summed E-state index contributed by atoms with van der Waals surface area (Å²) in [6.07, 6.45) is 1.72. The van der Waals surface area contributed by atoms with Crippen molar-refractivity contribution in [3.05, 3.63) is 59.1 Å². The van der Waals surface area contributed by atoms with E-state index in [2.05, 4.69) is 10.0 Å². The standard InChI is InChI=1S/C19H20ClN3O3/c20-16-5-7-17(8-6-16)22-9-11-23(12-10-22)21-13-15-3-1-2-4-18(15)26-14-19(24)25/h1-8,13H,9-12,14H2,(H,24,25). The molecule has 1 aliphatic heterocycles. The summed E-state index contributed by atoms with van der Waals surface area (Å²) in [7, 11) is 0. The van der Waals surface area contributed by atoms with Crippen LogP contribution in [0.4, 0.5) is 5.69 Å². The Balaban J connectivity index is 1.57. The maximum absolute atomic E-state index is 10.7. The van der Waals surface area contributed by atoms with Crippen molar-refractivity contribution in [2.75, 3.05) is 37.7 Å². The number of anilines is 1. The number of carbonyl (C=O) groups is 1. The molecular formula is C19H20ClN3O3. The number of hydrazone groups is 1. The molecular weight excluding hydrogens is 354 g/mol. The third-order valence-corrected chi connectivity index (χ3v) is 4.33. The molecule has 0 bridgehead atoms. The van der Waals surface area contributed by atoms with Gasteiger partial charge in [-0.1, -0.05) is 23.7 Å². The molecule has 0 aliphatic carbocycles. The lowest BCUT2D eigenvalue weighted by atomic mass is 10.2. The minimum atomic E-state index is -1.00. The van der Waals surface area contributed by atoms with Gasteiger partial charge in [-0.2, -0.15) is 5.10 Å². The fourth-order valence-corrected chi connectivity index (χ4v) is 2.85. The Kier molecular flexibility index (Phi) is 5.96. The number of aliphatic carboxylic acids is 1. The molecule has 0 unspecified atom stereocenters. The summed E-state index contributed by atoms with van der Waals surface area (Å²) in [6, 6.07) is 15.1. The third-order valence-electron chi connectivity index (χ3n) is 4.08. The molecule has 0 saturated carbocycles. The number of carboxylic acids is 1. The van der Waals surface area contributed by atoms with Crippen molar-refractivity contribution in [2.24, 2.45) is 5.10 Å². The summed E-state index contributed by atoms with van der Waals surface area (Å²) in [5, 5.41) is 16.0. The van der Waals surface area contributed by atoms with Crippen LogP contribution >= 0.6 is 11.6 Å². The molecule has 2 aromatic rings. The van der Waals surface area contributed by atoms with E-state index in [0.717, 1.165) is 42.5 Å². The van der Waals surface area contributed by atoms with Crippen LogP contribution in [-0.4, -0.2) is 55.1 Å². The lowest BCUT2D eigenvalue weighted by Crippen LogP contribution is -2.44. The maximum Gasteiger partial charge on any atom is 0.341 e. The van der Waals surface area contributed by atoms with Gasteiger partial charge in [0.2, 0.25) is 0 Å². The van der Waals surface area contributed by atoms with Crippen LogP contribution in [0.5, 0.6) is 5.75 Å². The van der Waals surface area contributed by atoms with Crippen LogP contribution in [0.15, 0.2) is 53.6 Å². The molecule has 6 nitrogen and oxygen atoms in total. The molecule has 7 heteroatoms. The quantitative estimate of drug-likeness (QED) is 0.788. The Morgan fingerprint density at radius 1 is 1.12 bits per heavy atom. The van der Waals surface area contributed by atoms with Gasteiger partial charge in [0.25, 0.3) is 0 Å². The molecule has 26 heavy (non-hydrogen) atoms. The molecule has 1 N–H and O–H groups in total. The van der Waals surface area contributed by atoms with Gasteiger partial charge >= 0.3 is 5.97 Å². The average Bonchev–Trinajstić information content (AvgIpc) is 2.66. The van der Waals surface area contributed by atoms with Gasteiger partial charge in [0.15, 0.2) is 6.61 Å². The first-order valence-corrected chi connectivity index (χ1v) is 8.73. The monoisotopic (exact) mass is 373 g/mol. The van der Waals surface area contributed by atoms with Crippen LogP contribution in [0.2, 0.25) is 5.02 Å². The number of carboxylic acid groups (broad SMARTS) is 1. The minimum absolute atomic E-state index is 0.370.